The van der Waals surface area contributed by atoms with E-state index in [0.717, 1.165) is 25.3 Å². The van der Waals surface area contributed by atoms with Crippen LogP contribution in [0.1, 0.15) is 43.2 Å². The minimum absolute atomic E-state index is 0.523. The zero-order chi connectivity index (χ0) is 14.4. The van der Waals surface area contributed by atoms with E-state index in [1.54, 1.807) is 0 Å². The number of benzene rings is 1. The minimum atomic E-state index is 0.523. The summed E-state index contributed by atoms with van der Waals surface area (Å²) in [6.45, 7) is 7.37. The average Bonchev–Trinajstić information content (AvgIpc) is 2.85. The van der Waals surface area contributed by atoms with Gasteiger partial charge >= 0.3 is 0 Å². The minimum Gasteiger partial charge on any atom is -0.425 e. The molecule has 0 bridgehead atoms. The standard InChI is InChI=1S/C16H23N3O/c1-12(2)17-10-6-9-15-18-19-16(20-15)11-14-8-5-4-7-13(14)3/h4-5,7-8,12,17H,6,9-11H2,1-3H3. The Morgan fingerprint density at radius 1 is 1.15 bits per heavy atom. The highest BCUT2D eigenvalue weighted by Crippen LogP contribution is 2.13. The predicted molar refractivity (Wildman–Crippen MR) is 79.7 cm³/mol. The van der Waals surface area contributed by atoms with Crippen molar-refractivity contribution < 1.29 is 4.42 Å². The van der Waals surface area contributed by atoms with E-state index in [9.17, 15) is 0 Å². The van der Waals surface area contributed by atoms with Crippen LogP contribution in [0.25, 0.3) is 0 Å². The molecule has 0 aliphatic carbocycles. The van der Waals surface area contributed by atoms with Gasteiger partial charge in [0.2, 0.25) is 11.8 Å². The largest absolute Gasteiger partial charge is 0.425 e. The number of hydrogen-bond acceptors (Lipinski definition) is 4. The Hall–Kier alpha value is -1.68. The van der Waals surface area contributed by atoms with E-state index < -0.39 is 0 Å². The van der Waals surface area contributed by atoms with E-state index in [4.69, 9.17) is 4.42 Å². The predicted octanol–water partition coefficient (Wildman–Crippen LogP) is 2.90. The third-order valence-corrected chi connectivity index (χ3v) is 3.23. The zero-order valence-corrected chi connectivity index (χ0v) is 12.5. The summed E-state index contributed by atoms with van der Waals surface area (Å²) in [4.78, 5) is 0. The smallest absolute Gasteiger partial charge is 0.220 e. The number of hydrogen-bond donors (Lipinski definition) is 1. The maximum absolute atomic E-state index is 5.70. The molecule has 0 radical (unpaired) electrons. The van der Waals surface area contributed by atoms with Crippen LogP contribution >= 0.6 is 0 Å². The Morgan fingerprint density at radius 3 is 2.65 bits per heavy atom. The fourth-order valence-corrected chi connectivity index (χ4v) is 2.06. The lowest BCUT2D eigenvalue weighted by molar-refractivity contribution is 0.446. The molecule has 4 nitrogen and oxygen atoms in total. The highest BCUT2D eigenvalue weighted by molar-refractivity contribution is 5.27. The van der Waals surface area contributed by atoms with Gasteiger partial charge in [0.25, 0.3) is 0 Å². The van der Waals surface area contributed by atoms with Gasteiger partial charge in [-0.25, -0.2) is 0 Å². The lowest BCUT2D eigenvalue weighted by Gasteiger charge is -2.05. The molecule has 0 spiro atoms. The van der Waals surface area contributed by atoms with E-state index in [2.05, 4.69) is 48.4 Å². The Balaban J connectivity index is 1.85. The normalized spacial score (nSPS) is 11.2. The molecule has 108 valence electrons. The van der Waals surface area contributed by atoms with E-state index in [0.29, 0.717) is 18.4 Å². The number of rotatable bonds is 7. The zero-order valence-electron chi connectivity index (χ0n) is 12.5. The molecular weight excluding hydrogens is 250 g/mol. The monoisotopic (exact) mass is 273 g/mol. The second-order valence-electron chi connectivity index (χ2n) is 5.41. The van der Waals surface area contributed by atoms with Crippen molar-refractivity contribution >= 4 is 0 Å². The van der Waals surface area contributed by atoms with E-state index in [1.165, 1.54) is 11.1 Å². The van der Waals surface area contributed by atoms with Gasteiger partial charge in [0.1, 0.15) is 0 Å². The molecule has 20 heavy (non-hydrogen) atoms. The number of aromatic nitrogens is 2. The van der Waals surface area contributed by atoms with Gasteiger partial charge in [0.05, 0.1) is 6.42 Å². The van der Waals surface area contributed by atoms with Crippen molar-refractivity contribution in [3.05, 3.63) is 47.2 Å². The van der Waals surface area contributed by atoms with Crippen LogP contribution in [0.2, 0.25) is 0 Å². The van der Waals surface area contributed by atoms with Gasteiger partial charge in [-0.2, -0.15) is 0 Å². The quantitative estimate of drug-likeness (QED) is 0.788. The lowest BCUT2D eigenvalue weighted by atomic mass is 10.1. The van der Waals surface area contributed by atoms with E-state index in [-0.39, 0.29) is 0 Å². The number of aryl methyl sites for hydroxylation is 2. The maximum Gasteiger partial charge on any atom is 0.220 e. The first-order valence-electron chi connectivity index (χ1n) is 7.24. The fraction of sp³-hybridized carbons (Fsp3) is 0.500. The molecule has 1 N–H and O–H groups in total. The van der Waals surface area contributed by atoms with E-state index >= 15 is 0 Å². The summed E-state index contributed by atoms with van der Waals surface area (Å²) in [6.07, 6.45) is 2.56. The highest BCUT2D eigenvalue weighted by Gasteiger charge is 2.08. The van der Waals surface area contributed by atoms with Crippen LogP contribution in [-0.2, 0) is 12.8 Å². The Morgan fingerprint density at radius 2 is 1.90 bits per heavy atom. The average molecular weight is 273 g/mol. The van der Waals surface area contributed by atoms with Crippen molar-refractivity contribution in [2.75, 3.05) is 6.54 Å². The second-order valence-corrected chi connectivity index (χ2v) is 5.41. The first kappa shape index (κ1) is 14.7. The molecule has 0 amide bonds. The molecule has 1 heterocycles. The lowest BCUT2D eigenvalue weighted by Crippen LogP contribution is -2.23. The van der Waals surface area contributed by atoms with Crippen molar-refractivity contribution in [2.45, 2.75) is 46.1 Å². The molecule has 0 unspecified atom stereocenters. The summed E-state index contributed by atoms with van der Waals surface area (Å²) in [5.41, 5.74) is 2.50. The molecule has 0 aliphatic heterocycles. The number of nitrogens with one attached hydrogen (secondary N) is 1. The Bertz CT molecular complexity index is 534. The van der Waals surface area contributed by atoms with Gasteiger partial charge in [-0.1, -0.05) is 38.1 Å². The molecule has 0 saturated carbocycles. The van der Waals surface area contributed by atoms with Crippen molar-refractivity contribution in [1.29, 1.82) is 0 Å². The molecule has 0 saturated heterocycles. The SMILES string of the molecule is Cc1ccccc1Cc1nnc(CCCNC(C)C)o1. The second kappa shape index (κ2) is 7.20. The summed E-state index contributed by atoms with van der Waals surface area (Å²) in [6, 6.07) is 8.81. The van der Waals surface area contributed by atoms with Gasteiger partial charge < -0.3 is 9.73 Å². The summed E-state index contributed by atoms with van der Waals surface area (Å²) in [5.74, 6) is 1.44. The molecule has 2 aromatic rings. The molecule has 1 aromatic heterocycles. The van der Waals surface area contributed by atoms with Gasteiger partial charge in [-0.3, -0.25) is 0 Å². The third kappa shape index (κ3) is 4.46. The first-order chi connectivity index (χ1) is 9.65. The van der Waals surface area contributed by atoms with Crippen LogP contribution in [0.15, 0.2) is 28.7 Å². The van der Waals surface area contributed by atoms with Crippen molar-refractivity contribution in [2.24, 2.45) is 0 Å². The van der Waals surface area contributed by atoms with Crippen LogP contribution in [0.3, 0.4) is 0 Å². The van der Waals surface area contributed by atoms with Crippen LogP contribution < -0.4 is 5.32 Å². The topological polar surface area (TPSA) is 51.0 Å². The van der Waals surface area contributed by atoms with Gasteiger partial charge in [-0.05, 0) is 31.0 Å². The highest BCUT2D eigenvalue weighted by atomic mass is 16.4. The molecule has 2 rings (SSSR count). The van der Waals surface area contributed by atoms with Crippen LogP contribution in [0, 0.1) is 6.92 Å². The third-order valence-electron chi connectivity index (χ3n) is 3.23. The summed E-state index contributed by atoms with van der Waals surface area (Å²) in [7, 11) is 0. The first-order valence-corrected chi connectivity index (χ1v) is 7.24. The van der Waals surface area contributed by atoms with Gasteiger partial charge in [-0.15, -0.1) is 10.2 Å². The maximum atomic E-state index is 5.70. The fourth-order valence-electron chi connectivity index (χ4n) is 2.06. The molecule has 4 heteroatoms. The van der Waals surface area contributed by atoms with Gasteiger partial charge in [0, 0.05) is 12.5 Å². The molecular formula is C16H23N3O. The van der Waals surface area contributed by atoms with Crippen LogP contribution in [0.5, 0.6) is 0 Å². The molecule has 0 atom stereocenters. The Labute approximate surface area is 120 Å². The summed E-state index contributed by atoms with van der Waals surface area (Å²) >= 11 is 0. The van der Waals surface area contributed by atoms with Crippen molar-refractivity contribution in [3.63, 3.8) is 0 Å². The summed E-state index contributed by atoms with van der Waals surface area (Å²) in [5, 5.41) is 11.6. The summed E-state index contributed by atoms with van der Waals surface area (Å²) < 4.78 is 5.70. The van der Waals surface area contributed by atoms with Crippen LogP contribution in [0.4, 0.5) is 0 Å². The van der Waals surface area contributed by atoms with Crippen molar-refractivity contribution in [3.8, 4) is 0 Å². The van der Waals surface area contributed by atoms with E-state index in [1.807, 2.05) is 12.1 Å². The molecule has 1 aromatic carbocycles. The van der Waals surface area contributed by atoms with Gasteiger partial charge in [0.15, 0.2) is 0 Å². The molecule has 0 fully saturated rings. The van der Waals surface area contributed by atoms with Crippen LogP contribution in [-0.4, -0.2) is 22.8 Å². The number of nitrogens with zero attached hydrogens (tertiary/aromatic N) is 2. The molecule has 0 aliphatic rings. The van der Waals surface area contributed by atoms with Crippen molar-refractivity contribution in [1.82, 2.24) is 15.5 Å². The Kier molecular flexibility index (Phi) is 5.30.